The highest BCUT2D eigenvalue weighted by Crippen LogP contribution is 2.29. The molecule has 0 aliphatic carbocycles. The molecule has 1 unspecified atom stereocenters. The summed E-state index contributed by atoms with van der Waals surface area (Å²) in [5.74, 6) is 0.938. The van der Waals surface area contributed by atoms with Crippen molar-refractivity contribution in [1.29, 1.82) is 0 Å². The lowest BCUT2D eigenvalue weighted by Crippen LogP contribution is -2.43. The quantitative estimate of drug-likeness (QED) is 0.925. The Hall–Kier alpha value is -2.49. The van der Waals surface area contributed by atoms with Crippen molar-refractivity contribution in [2.24, 2.45) is 0 Å². The third-order valence-electron chi connectivity index (χ3n) is 4.33. The van der Waals surface area contributed by atoms with Gasteiger partial charge in [-0.3, -0.25) is 4.90 Å². The van der Waals surface area contributed by atoms with Crippen LogP contribution in [0.5, 0.6) is 5.75 Å². The predicted molar refractivity (Wildman–Crippen MR) is 85.5 cm³/mol. The van der Waals surface area contributed by atoms with Gasteiger partial charge < -0.3 is 10.1 Å². The van der Waals surface area contributed by atoms with E-state index in [9.17, 15) is 4.79 Å². The minimum absolute atomic E-state index is 0.0270. The van der Waals surface area contributed by atoms with Gasteiger partial charge in [0.2, 0.25) is 0 Å². The van der Waals surface area contributed by atoms with E-state index < -0.39 is 0 Å². The number of carbonyl (C=O) groups is 1. The van der Waals surface area contributed by atoms with Gasteiger partial charge in [0.15, 0.2) is 0 Å². The second-order valence-electron chi connectivity index (χ2n) is 5.77. The summed E-state index contributed by atoms with van der Waals surface area (Å²) in [6.45, 7) is 1.28. The van der Waals surface area contributed by atoms with Crippen molar-refractivity contribution in [3.63, 3.8) is 0 Å². The molecule has 2 aliphatic rings. The van der Waals surface area contributed by atoms with Crippen LogP contribution in [0.1, 0.15) is 11.1 Å². The van der Waals surface area contributed by atoms with E-state index in [1.807, 2.05) is 41.3 Å². The van der Waals surface area contributed by atoms with E-state index in [4.69, 9.17) is 4.74 Å². The minimum Gasteiger partial charge on any atom is -0.488 e. The number of nitrogens with zero attached hydrogens (tertiary/aromatic N) is 1. The van der Waals surface area contributed by atoms with Gasteiger partial charge in [-0.05, 0) is 29.7 Å². The Labute approximate surface area is 129 Å². The lowest BCUT2D eigenvalue weighted by Gasteiger charge is -2.19. The number of fused-ring (bicyclic) bond motifs is 2. The van der Waals surface area contributed by atoms with Crippen molar-refractivity contribution < 1.29 is 9.53 Å². The molecule has 2 heterocycles. The van der Waals surface area contributed by atoms with Crippen LogP contribution in [0.3, 0.4) is 0 Å². The molecule has 4 rings (SSSR count). The Morgan fingerprint density at radius 2 is 1.91 bits per heavy atom. The predicted octanol–water partition coefficient (Wildman–Crippen LogP) is 2.76. The van der Waals surface area contributed by atoms with Crippen LogP contribution in [0.4, 0.5) is 10.5 Å². The molecule has 0 saturated heterocycles. The monoisotopic (exact) mass is 294 g/mol. The molecule has 0 saturated carbocycles. The summed E-state index contributed by atoms with van der Waals surface area (Å²) < 4.78 is 5.86. The van der Waals surface area contributed by atoms with Gasteiger partial charge in [0, 0.05) is 18.7 Å². The first-order valence-electron chi connectivity index (χ1n) is 7.69. The maximum atomic E-state index is 12.4. The first-order chi connectivity index (χ1) is 10.8. The summed E-state index contributed by atoms with van der Waals surface area (Å²) in [5.41, 5.74) is 3.48. The number of ether oxygens (including phenoxy) is 1. The van der Waals surface area contributed by atoms with E-state index in [0.717, 1.165) is 30.8 Å². The molecule has 2 aromatic carbocycles. The zero-order valence-corrected chi connectivity index (χ0v) is 12.3. The van der Waals surface area contributed by atoms with Crippen LogP contribution in [0.15, 0.2) is 48.5 Å². The Kier molecular flexibility index (Phi) is 3.22. The number of hydrogen-bond donors (Lipinski definition) is 1. The SMILES string of the molecule is O=C(NCC1Cc2ccccc2O1)N1CCc2ccccc21. The van der Waals surface area contributed by atoms with Crippen LogP contribution in [-0.2, 0) is 12.8 Å². The van der Waals surface area contributed by atoms with E-state index in [0.29, 0.717) is 6.54 Å². The van der Waals surface area contributed by atoms with Crippen LogP contribution >= 0.6 is 0 Å². The molecule has 4 heteroatoms. The van der Waals surface area contributed by atoms with E-state index in [2.05, 4.69) is 17.4 Å². The number of amides is 2. The molecule has 0 fully saturated rings. The number of carbonyl (C=O) groups excluding carboxylic acids is 1. The van der Waals surface area contributed by atoms with Gasteiger partial charge in [-0.1, -0.05) is 36.4 Å². The van der Waals surface area contributed by atoms with Crippen LogP contribution < -0.4 is 15.0 Å². The first-order valence-corrected chi connectivity index (χ1v) is 7.69. The number of anilines is 1. The van der Waals surface area contributed by atoms with Crippen LogP contribution in [0.25, 0.3) is 0 Å². The number of urea groups is 1. The van der Waals surface area contributed by atoms with Crippen molar-refractivity contribution >= 4 is 11.7 Å². The van der Waals surface area contributed by atoms with Crippen molar-refractivity contribution in [2.75, 3.05) is 18.0 Å². The summed E-state index contributed by atoms with van der Waals surface area (Å²) in [6, 6.07) is 16.1. The summed E-state index contributed by atoms with van der Waals surface area (Å²) in [6.07, 6.45) is 1.81. The van der Waals surface area contributed by atoms with Gasteiger partial charge in [0.1, 0.15) is 11.9 Å². The molecule has 1 atom stereocenters. The molecule has 0 aromatic heterocycles. The molecular formula is C18H18N2O2. The third kappa shape index (κ3) is 2.30. The smallest absolute Gasteiger partial charge is 0.322 e. The number of rotatable bonds is 2. The molecule has 0 spiro atoms. The van der Waals surface area contributed by atoms with Gasteiger partial charge in [-0.2, -0.15) is 0 Å². The first kappa shape index (κ1) is 13.2. The van der Waals surface area contributed by atoms with Crippen LogP contribution in [0, 0.1) is 0 Å². The molecule has 112 valence electrons. The molecule has 2 amide bonds. The number of nitrogens with one attached hydrogen (secondary N) is 1. The fourth-order valence-electron chi connectivity index (χ4n) is 3.21. The average Bonchev–Trinajstić information content (AvgIpc) is 3.16. The Balaban J connectivity index is 1.37. The van der Waals surface area contributed by atoms with Crippen LogP contribution in [0.2, 0.25) is 0 Å². The Morgan fingerprint density at radius 1 is 1.14 bits per heavy atom. The molecule has 2 aromatic rings. The summed E-state index contributed by atoms with van der Waals surface area (Å²) in [4.78, 5) is 14.2. The number of benzene rings is 2. The molecule has 2 aliphatic heterocycles. The van der Waals surface area contributed by atoms with Gasteiger partial charge in [0.25, 0.3) is 0 Å². The molecule has 0 radical (unpaired) electrons. The van der Waals surface area contributed by atoms with Gasteiger partial charge in [-0.25, -0.2) is 4.79 Å². The van der Waals surface area contributed by atoms with Crippen molar-refractivity contribution in [1.82, 2.24) is 5.32 Å². The number of para-hydroxylation sites is 2. The van der Waals surface area contributed by atoms with Crippen molar-refractivity contribution in [3.05, 3.63) is 59.7 Å². The van der Waals surface area contributed by atoms with E-state index in [-0.39, 0.29) is 12.1 Å². The minimum atomic E-state index is -0.0375. The van der Waals surface area contributed by atoms with E-state index in [1.165, 1.54) is 11.1 Å². The lowest BCUT2D eigenvalue weighted by atomic mass is 10.1. The lowest BCUT2D eigenvalue weighted by molar-refractivity contribution is 0.217. The maximum absolute atomic E-state index is 12.4. The maximum Gasteiger partial charge on any atom is 0.322 e. The summed E-state index contributed by atoms with van der Waals surface area (Å²) in [5, 5.41) is 3.00. The van der Waals surface area contributed by atoms with Crippen LogP contribution in [-0.4, -0.2) is 25.2 Å². The molecule has 22 heavy (non-hydrogen) atoms. The van der Waals surface area contributed by atoms with Gasteiger partial charge in [0.05, 0.1) is 6.54 Å². The van der Waals surface area contributed by atoms with Crippen molar-refractivity contribution in [3.8, 4) is 5.75 Å². The van der Waals surface area contributed by atoms with Gasteiger partial charge in [-0.15, -0.1) is 0 Å². The van der Waals surface area contributed by atoms with E-state index >= 15 is 0 Å². The Morgan fingerprint density at radius 3 is 2.77 bits per heavy atom. The third-order valence-corrected chi connectivity index (χ3v) is 4.33. The summed E-state index contributed by atoms with van der Waals surface area (Å²) in [7, 11) is 0. The molecule has 0 bridgehead atoms. The zero-order chi connectivity index (χ0) is 14.9. The molecular weight excluding hydrogens is 276 g/mol. The highest BCUT2D eigenvalue weighted by atomic mass is 16.5. The molecule has 4 nitrogen and oxygen atoms in total. The Bertz CT molecular complexity index is 689. The average molecular weight is 294 g/mol. The molecule has 1 N–H and O–H groups in total. The van der Waals surface area contributed by atoms with Gasteiger partial charge >= 0.3 is 6.03 Å². The topological polar surface area (TPSA) is 41.6 Å². The second-order valence-corrected chi connectivity index (χ2v) is 5.77. The second kappa shape index (κ2) is 5.37. The highest BCUT2D eigenvalue weighted by molar-refractivity contribution is 5.94. The standard InChI is InChI=1S/C18H18N2O2/c21-18(20-10-9-13-5-1-3-7-16(13)20)19-12-15-11-14-6-2-4-8-17(14)22-15/h1-8,15H,9-12H2,(H,19,21). The largest absolute Gasteiger partial charge is 0.488 e. The fourth-order valence-corrected chi connectivity index (χ4v) is 3.21. The highest BCUT2D eigenvalue weighted by Gasteiger charge is 2.26. The number of hydrogen-bond acceptors (Lipinski definition) is 2. The van der Waals surface area contributed by atoms with E-state index in [1.54, 1.807) is 0 Å². The van der Waals surface area contributed by atoms with Crippen molar-refractivity contribution in [2.45, 2.75) is 18.9 Å². The fraction of sp³-hybridized carbons (Fsp3) is 0.278. The summed E-state index contributed by atoms with van der Waals surface area (Å²) >= 11 is 0. The zero-order valence-electron chi connectivity index (χ0n) is 12.3. The normalized spacial score (nSPS) is 18.5.